The Morgan fingerprint density at radius 3 is 1.57 bits per heavy atom. The van der Waals surface area contributed by atoms with Crippen LogP contribution in [0.1, 0.15) is 13.8 Å². The highest BCUT2D eigenvalue weighted by molar-refractivity contribution is 7.46. The zero-order valence-electron chi connectivity index (χ0n) is 12.0. The third-order valence-electron chi connectivity index (χ3n) is 2.46. The topological polar surface area (TPSA) is 179 Å². The lowest BCUT2D eigenvalue weighted by molar-refractivity contribution is -0.134. The van der Waals surface area contributed by atoms with Gasteiger partial charge in [0.15, 0.2) is 0 Å². The molecule has 0 aliphatic carbocycles. The molecule has 0 aliphatic heterocycles. The third kappa shape index (κ3) is 7.96. The van der Waals surface area contributed by atoms with Crippen LogP contribution in [-0.2, 0) is 23.5 Å². The summed E-state index contributed by atoms with van der Waals surface area (Å²) in [5, 5.41) is 26.7. The summed E-state index contributed by atoms with van der Waals surface area (Å²) < 4.78 is 14.6. The number of carboxylic acid groups (broad SMARTS) is 3. The molecule has 5 N–H and O–H groups in total. The summed E-state index contributed by atoms with van der Waals surface area (Å²) in [6.07, 6.45) is 2.08. The van der Waals surface area contributed by atoms with E-state index < -0.39 is 37.2 Å². The first-order valence-electron chi connectivity index (χ1n) is 5.86. The molecule has 0 unspecified atom stereocenters. The number of rotatable bonds is 8. The Balaban J connectivity index is 6.05. The Bertz CT molecular complexity index is 606. The van der Waals surface area contributed by atoms with Crippen molar-refractivity contribution in [3.63, 3.8) is 0 Å². The fourth-order valence-electron chi connectivity index (χ4n) is 1.31. The lowest BCUT2D eigenvalue weighted by Gasteiger charge is -2.12. The first-order chi connectivity index (χ1) is 10.3. The van der Waals surface area contributed by atoms with Gasteiger partial charge < -0.3 is 19.8 Å². The van der Waals surface area contributed by atoms with E-state index in [1.54, 1.807) is 0 Å². The van der Waals surface area contributed by atoms with Crippen LogP contribution in [0.2, 0.25) is 0 Å². The van der Waals surface area contributed by atoms with Crippen LogP contribution in [0.5, 0.6) is 0 Å². The second-order valence-corrected chi connectivity index (χ2v) is 5.50. The zero-order chi connectivity index (χ0) is 18.4. The molecule has 10 nitrogen and oxygen atoms in total. The normalized spacial score (nSPS) is 15.0. The molecule has 0 atom stereocenters. The number of carboxylic acids is 3. The minimum absolute atomic E-state index is 0.255. The van der Waals surface area contributed by atoms with E-state index in [4.69, 9.17) is 25.1 Å². The highest BCUT2D eigenvalue weighted by atomic mass is 31.2. The van der Waals surface area contributed by atoms with Crippen molar-refractivity contribution >= 4 is 25.7 Å². The number of hydrogen-bond donors (Lipinski definition) is 5. The highest BCUT2D eigenvalue weighted by Crippen LogP contribution is 2.37. The molecule has 0 radical (unpaired) electrons. The molecule has 0 aromatic rings. The van der Waals surface area contributed by atoms with Gasteiger partial charge in [0.2, 0.25) is 0 Å². The smallest absolute Gasteiger partial charge is 0.478 e. The molecular weight excluding hydrogens is 335 g/mol. The molecule has 128 valence electrons. The maximum Gasteiger partial charge on any atom is 0.524 e. The predicted molar refractivity (Wildman–Crippen MR) is 75.1 cm³/mol. The van der Waals surface area contributed by atoms with E-state index >= 15 is 0 Å². The van der Waals surface area contributed by atoms with E-state index in [1.807, 2.05) is 0 Å². The van der Waals surface area contributed by atoms with Crippen LogP contribution in [0.3, 0.4) is 0 Å². The molecule has 0 fully saturated rings. The summed E-state index contributed by atoms with van der Waals surface area (Å²) in [6, 6.07) is 0. The average molecular weight is 350 g/mol. The molecule has 0 spiro atoms. The van der Waals surface area contributed by atoms with Crippen LogP contribution < -0.4 is 0 Å². The van der Waals surface area contributed by atoms with Gasteiger partial charge in [-0.2, -0.15) is 0 Å². The highest BCUT2D eigenvalue weighted by Gasteiger charge is 2.22. The van der Waals surface area contributed by atoms with Gasteiger partial charge in [-0.3, -0.25) is 9.79 Å². The molecule has 0 saturated heterocycles. The number of hydrogen-bond acceptors (Lipinski definition) is 5. The van der Waals surface area contributed by atoms with Crippen molar-refractivity contribution in [2.24, 2.45) is 5.92 Å². The molecule has 11 heteroatoms. The largest absolute Gasteiger partial charge is 0.524 e. The summed E-state index contributed by atoms with van der Waals surface area (Å²) in [7, 11) is -5.02. The average Bonchev–Trinajstić information content (AvgIpc) is 2.36. The van der Waals surface area contributed by atoms with E-state index in [9.17, 15) is 18.9 Å². The van der Waals surface area contributed by atoms with Gasteiger partial charge in [0.25, 0.3) is 0 Å². The molecule has 23 heavy (non-hydrogen) atoms. The van der Waals surface area contributed by atoms with Gasteiger partial charge >= 0.3 is 25.7 Å². The SMILES string of the molecule is CC(=CC(C=C(C)C(=O)O)C(=COP(=O)(O)O)C(=O)O)C(=O)O. The molecule has 0 aliphatic rings. The fraction of sp³-hybridized carbons (Fsp3) is 0.250. The standard InChI is InChI=1S/C12H15O10P/c1-6(10(13)14)3-8(4-7(2)11(15)16)9(12(17)18)5-22-23(19,20)21/h3-5,8H,1-2H3,(H,13,14)(H,15,16)(H,17,18)(H2,19,20,21). The predicted octanol–water partition coefficient (Wildman–Crippen LogP) is 0.742. The number of phosphoric ester groups is 1. The van der Waals surface area contributed by atoms with E-state index in [1.165, 1.54) is 0 Å². The van der Waals surface area contributed by atoms with Crippen LogP contribution in [0.15, 0.2) is 35.1 Å². The first kappa shape index (κ1) is 20.6. The van der Waals surface area contributed by atoms with Crippen molar-refractivity contribution in [3.05, 3.63) is 35.1 Å². The lowest BCUT2D eigenvalue weighted by Crippen LogP contribution is -2.13. The molecule has 0 aromatic carbocycles. The van der Waals surface area contributed by atoms with Crippen molar-refractivity contribution in [2.45, 2.75) is 13.8 Å². The van der Waals surface area contributed by atoms with E-state index in [0.29, 0.717) is 0 Å². The second kappa shape index (κ2) is 8.28. The van der Waals surface area contributed by atoms with Gasteiger partial charge in [0.1, 0.15) is 6.26 Å². The van der Waals surface area contributed by atoms with Gasteiger partial charge in [0.05, 0.1) is 5.57 Å². The Morgan fingerprint density at radius 1 is 0.913 bits per heavy atom. The fourth-order valence-corrected chi connectivity index (χ4v) is 1.56. The Hall–Kier alpha value is -2.42. The van der Waals surface area contributed by atoms with Crippen molar-refractivity contribution < 1.29 is 48.6 Å². The number of allylic oxidation sites excluding steroid dienone is 2. The minimum Gasteiger partial charge on any atom is -0.478 e. The van der Waals surface area contributed by atoms with Crippen molar-refractivity contribution in [1.29, 1.82) is 0 Å². The van der Waals surface area contributed by atoms with Crippen molar-refractivity contribution in [2.75, 3.05) is 0 Å². The number of carbonyl (C=O) groups is 3. The molecule has 0 amide bonds. The summed E-state index contributed by atoms with van der Waals surface area (Å²) in [5.41, 5.74) is -1.35. The van der Waals surface area contributed by atoms with Crippen molar-refractivity contribution in [1.82, 2.24) is 0 Å². The first-order valence-corrected chi connectivity index (χ1v) is 7.39. The van der Waals surface area contributed by atoms with Crippen LogP contribution >= 0.6 is 7.82 Å². The quantitative estimate of drug-likeness (QED) is 0.238. The molecule has 0 aromatic heterocycles. The van der Waals surface area contributed by atoms with Crippen LogP contribution in [0.25, 0.3) is 0 Å². The molecule has 0 bridgehead atoms. The molecule has 0 rings (SSSR count). The van der Waals surface area contributed by atoms with Gasteiger partial charge in [-0.05, 0) is 13.8 Å². The third-order valence-corrected chi connectivity index (χ3v) is 2.84. The Kier molecular flexibility index (Phi) is 7.40. The summed E-state index contributed by atoms with van der Waals surface area (Å²) in [4.78, 5) is 50.1. The molecule has 0 saturated carbocycles. The monoisotopic (exact) mass is 350 g/mol. The van der Waals surface area contributed by atoms with Crippen LogP contribution in [0, 0.1) is 5.92 Å². The summed E-state index contributed by atoms with van der Waals surface area (Å²) in [5.74, 6) is -5.83. The lowest BCUT2D eigenvalue weighted by atomic mass is 9.95. The second-order valence-electron chi connectivity index (χ2n) is 4.31. The van der Waals surface area contributed by atoms with Crippen molar-refractivity contribution in [3.8, 4) is 0 Å². The number of aliphatic carboxylic acids is 3. The summed E-state index contributed by atoms with van der Waals surface area (Å²) >= 11 is 0. The van der Waals surface area contributed by atoms with Gasteiger partial charge in [-0.1, -0.05) is 12.2 Å². The van der Waals surface area contributed by atoms with Gasteiger partial charge in [0, 0.05) is 17.1 Å². The van der Waals surface area contributed by atoms with Crippen LogP contribution in [-0.4, -0.2) is 43.0 Å². The van der Waals surface area contributed by atoms with E-state index in [2.05, 4.69) is 4.52 Å². The van der Waals surface area contributed by atoms with E-state index in [0.717, 1.165) is 26.0 Å². The Labute approximate surface area is 130 Å². The maximum atomic E-state index is 11.2. The van der Waals surface area contributed by atoms with Gasteiger partial charge in [-0.25, -0.2) is 18.9 Å². The number of phosphoric acid groups is 1. The zero-order valence-corrected chi connectivity index (χ0v) is 12.9. The molecular formula is C12H15O10P. The molecule has 0 heterocycles. The van der Waals surface area contributed by atoms with Crippen LogP contribution in [0.4, 0.5) is 0 Å². The van der Waals surface area contributed by atoms with Gasteiger partial charge in [-0.15, -0.1) is 0 Å². The minimum atomic E-state index is -5.02. The Morgan fingerprint density at radius 2 is 1.30 bits per heavy atom. The maximum absolute atomic E-state index is 11.2. The summed E-state index contributed by atoms with van der Waals surface area (Å²) in [6.45, 7) is 2.28. The van der Waals surface area contributed by atoms with E-state index in [-0.39, 0.29) is 17.4 Å².